The molecule has 4 N–H and O–H groups in total. The van der Waals surface area contributed by atoms with Crippen LogP contribution in [0, 0.1) is 12.7 Å². The van der Waals surface area contributed by atoms with Crippen molar-refractivity contribution in [2.75, 3.05) is 16.4 Å². The molecule has 0 radical (unpaired) electrons. The van der Waals surface area contributed by atoms with Gasteiger partial charge in [-0.05, 0) is 54.4 Å². The Balaban J connectivity index is 1.71. The van der Waals surface area contributed by atoms with Crippen LogP contribution in [0.15, 0.2) is 54.7 Å². The zero-order valence-electron chi connectivity index (χ0n) is 19.3. The number of anilines is 3. The van der Waals surface area contributed by atoms with Crippen LogP contribution in [0.25, 0.3) is 21.8 Å². The number of carbonyl (C=O) groups is 1. The fourth-order valence-corrected chi connectivity index (χ4v) is 4.44. The third-order valence-electron chi connectivity index (χ3n) is 4.88. The fourth-order valence-electron chi connectivity index (χ4n) is 3.33. The van der Waals surface area contributed by atoms with Crippen LogP contribution >= 0.6 is 11.3 Å². The number of amides is 2. The highest BCUT2D eigenvalue weighted by Gasteiger charge is 2.24. The minimum Gasteiger partial charge on any atom is -0.368 e. The molecular formula is C25H25FN6OS. The van der Waals surface area contributed by atoms with Gasteiger partial charge < -0.3 is 16.4 Å². The van der Waals surface area contributed by atoms with E-state index < -0.39 is 11.8 Å². The molecule has 0 saturated heterocycles. The molecule has 0 bridgehead atoms. The van der Waals surface area contributed by atoms with E-state index >= 15 is 0 Å². The highest BCUT2D eigenvalue weighted by atomic mass is 32.1. The smallest absolute Gasteiger partial charge is 0.323 e. The van der Waals surface area contributed by atoms with Crippen LogP contribution in [0.1, 0.15) is 31.3 Å². The van der Waals surface area contributed by atoms with Gasteiger partial charge in [0.2, 0.25) is 5.95 Å². The minimum atomic E-state index is -0.484. The molecule has 2 aromatic heterocycles. The first-order valence-electron chi connectivity index (χ1n) is 10.6. The van der Waals surface area contributed by atoms with Gasteiger partial charge >= 0.3 is 6.03 Å². The van der Waals surface area contributed by atoms with Crippen molar-refractivity contribution in [2.24, 2.45) is 0 Å². The largest absolute Gasteiger partial charge is 0.368 e. The Hall–Kier alpha value is -3.85. The number of nitrogens with two attached hydrogens (primary N) is 1. The summed E-state index contributed by atoms with van der Waals surface area (Å²) in [5.74, 6) is -0.356. The molecule has 174 valence electrons. The number of thiazole rings is 1. The molecule has 0 spiro atoms. The third-order valence-corrected chi connectivity index (χ3v) is 6.41. The Kier molecular flexibility index (Phi) is 6.30. The average molecular weight is 477 g/mol. The molecule has 0 saturated carbocycles. The summed E-state index contributed by atoms with van der Waals surface area (Å²) in [6.07, 6.45) is 1.56. The van der Waals surface area contributed by atoms with E-state index in [1.165, 1.54) is 23.5 Å². The van der Waals surface area contributed by atoms with Gasteiger partial charge in [-0.1, -0.05) is 32.9 Å². The first-order chi connectivity index (χ1) is 16.1. The molecule has 0 fully saturated rings. The summed E-state index contributed by atoms with van der Waals surface area (Å²) < 4.78 is 14.6. The molecular weight excluding hydrogens is 451 g/mol. The van der Waals surface area contributed by atoms with Gasteiger partial charge in [0.15, 0.2) is 0 Å². The normalized spacial score (nSPS) is 11.3. The van der Waals surface area contributed by atoms with Gasteiger partial charge in [0, 0.05) is 23.0 Å². The molecule has 0 aliphatic rings. The standard InChI is InChI=1S/C25H25FN6OS/c1-14-6-5-7-17(10-14)29-24(33)30-18-12-15(11-16(26)13-18)21-20(19-8-9-28-23(27)31-19)32-22(34-21)25(2,3)4/h5-13H,1-4H3,(H2,27,28,31)(H2,29,30,33). The maximum atomic E-state index is 14.6. The van der Waals surface area contributed by atoms with Crippen LogP contribution in [0.4, 0.5) is 26.5 Å². The van der Waals surface area contributed by atoms with Crippen molar-refractivity contribution in [3.05, 3.63) is 71.1 Å². The lowest BCUT2D eigenvalue weighted by Gasteiger charge is -2.13. The highest BCUT2D eigenvalue weighted by molar-refractivity contribution is 7.15. The van der Waals surface area contributed by atoms with Crippen LogP contribution in [-0.2, 0) is 5.41 Å². The molecule has 2 aromatic carbocycles. The zero-order valence-corrected chi connectivity index (χ0v) is 20.1. The van der Waals surface area contributed by atoms with Crippen LogP contribution in [0.3, 0.4) is 0 Å². The Morgan fingerprint density at radius 3 is 2.50 bits per heavy atom. The monoisotopic (exact) mass is 476 g/mol. The number of urea groups is 1. The maximum absolute atomic E-state index is 14.6. The van der Waals surface area contributed by atoms with Crippen molar-refractivity contribution in [3.63, 3.8) is 0 Å². The first-order valence-corrected chi connectivity index (χ1v) is 11.5. The Labute approximate surface area is 201 Å². The van der Waals surface area contributed by atoms with E-state index in [1.807, 2.05) is 25.1 Å². The summed E-state index contributed by atoms with van der Waals surface area (Å²) in [4.78, 5) is 26.3. The summed E-state index contributed by atoms with van der Waals surface area (Å²) in [5.41, 5.74) is 9.26. The molecule has 9 heteroatoms. The molecule has 7 nitrogen and oxygen atoms in total. The summed E-state index contributed by atoms with van der Waals surface area (Å²) in [7, 11) is 0. The zero-order chi connectivity index (χ0) is 24.5. The van der Waals surface area contributed by atoms with E-state index in [1.54, 1.807) is 24.4 Å². The van der Waals surface area contributed by atoms with Gasteiger partial charge in [0.25, 0.3) is 0 Å². The summed E-state index contributed by atoms with van der Waals surface area (Å²) in [6.45, 7) is 8.11. The SMILES string of the molecule is Cc1cccc(NC(=O)Nc2cc(F)cc(-c3sc(C(C)(C)C)nc3-c3ccnc(N)n3)c2)c1. The summed E-state index contributed by atoms with van der Waals surface area (Å²) in [6, 6.07) is 13.1. The van der Waals surface area contributed by atoms with E-state index in [-0.39, 0.29) is 11.4 Å². The fraction of sp³-hybridized carbons (Fsp3) is 0.200. The topological polar surface area (TPSA) is 106 Å². The highest BCUT2D eigenvalue weighted by Crippen LogP contribution is 2.41. The van der Waals surface area contributed by atoms with Crippen LogP contribution < -0.4 is 16.4 Å². The van der Waals surface area contributed by atoms with Crippen LogP contribution in [0.2, 0.25) is 0 Å². The Bertz CT molecular complexity index is 1360. The van der Waals surface area contributed by atoms with E-state index in [0.29, 0.717) is 28.3 Å². The maximum Gasteiger partial charge on any atom is 0.323 e. The second-order valence-electron chi connectivity index (χ2n) is 8.92. The van der Waals surface area contributed by atoms with Crippen molar-refractivity contribution < 1.29 is 9.18 Å². The number of carbonyl (C=O) groups excluding carboxylic acids is 1. The van der Waals surface area contributed by atoms with Gasteiger partial charge in [-0.2, -0.15) is 0 Å². The lowest BCUT2D eigenvalue weighted by molar-refractivity contribution is 0.262. The number of benzene rings is 2. The van der Waals surface area contributed by atoms with Gasteiger partial charge in [-0.25, -0.2) is 24.1 Å². The van der Waals surface area contributed by atoms with Crippen LogP contribution in [0.5, 0.6) is 0 Å². The third kappa shape index (κ3) is 5.37. The average Bonchev–Trinajstić information content (AvgIpc) is 3.19. The van der Waals surface area contributed by atoms with Gasteiger partial charge in [-0.3, -0.25) is 0 Å². The minimum absolute atomic E-state index is 0.128. The summed E-state index contributed by atoms with van der Waals surface area (Å²) in [5, 5.41) is 6.35. The van der Waals surface area contributed by atoms with E-state index in [2.05, 4.69) is 41.4 Å². The molecule has 4 aromatic rings. The molecule has 34 heavy (non-hydrogen) atoms. The molecule has 0 aliphatic carbocycles. The number of halogens is 1. The van der Waals surface area contributed by atoms with Crippen molar-refractivity contribution in [3.8, 4) is 21.8 Å². The number of aryl methyl sites for hydroxylation is 1. The molecule has 2 heterocycles. The summed E-state index contributed by atoms with van der Waals surface area (Å²) >= 11 is 1.45. The second kappa shape index (κ2) is 9.18. The lowest BCUT2D eigenvalue weighted by Crippen LogP contribution is -2.19. The van der Waals surface area contributed by atoms with Crippen LogP contribution in [-0.4, -0.2) is 21.0 Å². The first kappa shape index (κ1) is 23.3. The number of nitrogens with zero attached hydrogens (tertiary/aromatic N) is 3. The number of hydrogen-bond donors (Lipinski definition) is 3. The quantitative estimate of drug-likeness (QED) is 0.323. The van der Waals surface area contributed by atoms with Gasteiger partial charge in [0.05, 0.1) is 15.6 Å². The van der Waals surface area contributed by atoms with Crippen molar-refractivity contribution >= 4 is 34.7 Å². The van der Waals surface area contributed by atoms with Crippen molar-refractivity contribution in [1.82, 2.24) is 15.0 Å². The molecule has 0 unspecified atom stereocenters. The Morgan fingerprint density at radius 2 is 1.79 bits per heavy atom. The van der Waals surface area contributed by atoms with Gasteiger partial charge in [-0.15, -0.1) is 11.3 Å². The Morgan fingerprint density at radius 1 is 1.03 bits per heavy atom. The lowest BCUT2D eigenvalue weighted by atomic mass is 9.98. The number of hydrogen-bond acceptors (Lipinski definition) is 6. The number of nitrogens with one attached hydrogen (secondary N) is 2. The molecule has 2 amide bonds. The van der Waals surface area contributed by atoms with Crippen molar-refractivity contribution in [2.45, 2.75) is 33.1 Å². The number of rotatable bonds is 4. The number of nitrogen functional groups attached to an aromatic ring is 1. The second-order valence-corrected chi connectivity index (χ2v) is 9.92. The van der Waals surface area contributed by atoms with E-state index in [9.17, 15) is 9.18 Å². The number of aromatic nitrogens is 3. The molecule has 0 atom stereocenters. The molecule has 4 rings (SSSR count). The predicted molar refractivity (Wildman–Crippen MR) is 135 cm³/mol. The molecule has 0 aliphatic heterocycles. The van der Waals surface area contributed by atoms with E-state index in [4.69, 9.17) is 10.7 Å². The van der Waals surface area contributed by atoms with Gasteiger partial charge in [0.1, 0.15) is 11.5 Å². The van der Waals surface area contributed by atoms with Crippen molar-refractivity contribution in [1.29, 1.82) is 0 Å². The predicted octanol–water partition coefficient (Wildman–Crippen LogP) is 6.24. The van der Waals surface area contributed by atoms with E-state index in [0.717, 1.165) is 15.4 Å².